The molecule has 98 valence electrons. The van der Waals surface area contributed by atoms with Crippen LogP contribution < -0.4 is 4.74 Å². The highest BCUT2D eigenvalue weighted by Crippen LogP contribution is 2.22. The number of ether oxygens (including phenoxy) is 1. The lowest BCUT2D eigenvalue weighted by atomic mass is 10.1. The highest BCUT2D eigenvalue weighted by atomic mass is 35.5. The van der Waals surface area contributed by atoms with E-state index in [2.05, 4.69) is 9.97 Å². The highest BCUT2D eigenvalue weighted by molar-refractivity contribution is 6.28. The third kappa shape index (κ3) is 2.68. The maximum absolute atomic E-state index is 13.7. The van der Waals surface area contributed by atoms with E-state index in [9.17, 15) is 13.6 Å². The van der Waals surface area contributed by atoms with Gasteiger partial charge in [0.1, 0.15) is 23.1 Å². The lowest BCUT2D eigenvalue weighted by molar-refractivity contribution is 0.102. The summed E-state index contributed by atoms with van der Waals surface area (Å²) < 4.78 is 32.1. The van der Waals surface area contributed by atoms with Crippen molar-refractivity contribution in [3.05, 3.63) is 52.6 Å². The van der Waals surface area contributed by atoms with Crippen molar-refractivity contribution in [3.8, 4) is 5.75 Å². The minimum absolute atomic E-state index is 0.0210. The molecule has 0 saturated heterocycles. The van der Waals surface area contributed by atoms with Crippen LogP contribution in [-0.4, -0.2) is 22.9 Å². The molecule has 0 spiro atoms. The minimum Gasteiger partial charge on any atom is -0.497 e. The van der Waals surface area contributed by atoms with E-state index in [1.54, 1.807) is 0 Å². The first-order chi connectivity index (χ1) is 9.02. The van der Waals surface area contributed by atoms with Gasteiger partial charge >= 0.3 is 0 Å². The van der Waals surface area contributed by atoms with Crippen molar-refractivity contribution < 1.29 is 18.3 Å². The second-order valence-corrected chi connectivity index (χ2v) is 3.84. The van der Waals surface area contributed by atoms with Crippen molar-refractivity contribution in [2.24, 2.45) is 0 Å². The third-order valence-electron chi connectivity index (χ3n) is 2.34. The van der Waals surface area contributed by atoms with E-state index >= 15 is 0 Å². The molecular formula is C12H7ClF2N2O2. The number of hydrogen-bond acceptors (Lipinski definition) is 4. The lowest BCUT2D eigenvalue weighted by Gasteiger charge is -2.06. The molecule has 2 rings (SSSR count). The van der Waals surface area contributed by atoms with Gasteiger partial charge in [-0.25, -0.2) is 18.7 Å². The Kier molecular flexibility index (Phi) is 3.71. The molecule has 0 N–H and O–H groups in total. The van der Waals surface area contributed by atoms with Crippen molar-refractivity contribution >= 4 is 17.4 Å². The van der Waals surface area contributed by atoms with Crippen molar-refractivity contribution in [2.45, 2.75) is 0 Å². The molecule has 1 heterocycles. The molecule has 0 unspecified atom stereocenters. The van der Waals surface area contributed by atoms with E-state index in [0.29, 0.717) is 0 Å². The zero-order valence-electron chi connectivity index (χ0n) is 9.65. The predicted octanol–water partition coefficient (Wildman–Crippen LogP) is 2.65. The molecule has 0 bridgehead atoms. The summed E-state index contributed by atoms with van der Waals surface area (Å²) in [7, 11) is 1.26. The Morgan fingerprint density at radius 1 is 1.32 bits per heavy atom. The quantitative estimate of drug-likeness (QED) is 0.642. The largest absolute Gasteiger partial charge is 0.497 e. The number of halogens is 3. The molecule has 0 fully saturated rings. The Balaban J connectivity index is 2.50. The van der Waals surface area contributed by atoms with E-state index in [1.165, 1.54) is 19.4 Å². The first-order valence-corrected chi connectivity index (χ1v) is 5.47. The van der Waals surface area contributed by atoms with Crippen LogP contribution in [0.5, 0.6) is 5.75 Å². The van der Waals surface area contributed by atoms with E-state index in [4.69, 9.17) is 16.3 Å². The first kappa shape index (κ1) is 13.4. The topological polar surface area (TPSA) is 52.1 Å². The second-order valence-electron chi connectivity index (χ2n) is 3.51. The predicted molar refractivity (Wildman–Crippen MR) is 63.4 cm³/mol. The van der Waals surface area contributed by atoms with Gasteiger partial charge < -0.3 is 4.74 Å². The Morgan fingerprint density at radius 3 is 2.47 bits per heavy atom. The van der Waals surface area contributed by atoms with Gasteiger partial charge in [-0.1, -0.05) is 0 Å². The molecule has 1 aromatic heterocycles. The number of ketones is 1. The van der Waals surface area contributed by atoms with Crippen LogP contribution in [0.4, 0.5) is 8.78 Å². The molecule has 0 saturated carbocycles. The molecule has 0 aliphatic heterocycles. The molecule has 0 atom stereocenters. The summed E-state index contributed by atoms with van der Waals surface area (Å²) >= 11 is 5.52. The molecule has 2 aromatic rings. The zero-order valence-corrected chi connectivity index (χ0v) is 10.4. The Labute approximate surface area is 112 Å². The SMILES string of the molecule is COc1cc(F)c(C(=O)c2ccnc(Cl)n2)c(F)c1. The molecule has 0 radical (unpaired) electrons. The number of aromatic nitrogens is 2. The fourth-order valence-electron chi connectivity index (χ4n) is 1.47. The van der Waals surface area contributed by atoms with Gasteiger partial charge in [0.2, 0.25) is 11.1 Å². The van der Waals surface area contributed by atoms with Gasteiger partial charge in [-0.05, 0) is 17.7 Å². The number of methoxy groups -OCH3 is 1. The average Bonchev–Trinajstić information content (AvgIpc) is 2.37. The standard InChI is InChI=1S/C12H7ClF2N2O2/c1-19-6-4-7(14)10(8(15)5-6)11(18)9-2-3-16-12(13)17-9/h2-5H,1H3. The molecule has 7 heteroatoms. The highest BCUT2D eigenvalue weighted by Gasteiger charge is 2.21. The third-order valence-corrected chi connectivity index (χ3v) is 2.52. The van der Waals surface area contributed by atoms with E-state index in [0.717, 1.165) is 12.1 Å². The number of carbonyl (C=O) groups excluding carboxylic acids is 1. The molecule has 0 aliphatic rings. The van der Waals surface area contributed by atoms with Gasteiger partial charge in [-0.2, -0.15) is 0 Å². The van der Waals surface area contributed by atoms with Gasteiger partial charge in [0.25, 0.3) is 0 Å². The average molecular weight is 285 g/mol. The van der Waals surface area contributed by atoms with Gasteiger partial charge in [0.05, 0.1) is 12.7 Å². The Morgan fingerprint density at radius 2 is 1.95 bits per heavy atom. The molecular weight excluding hydrogens is 278 g/mol. The fraction of sp³-hybridized carbons (Fsp3) is 0.0833. The van der Waals surface area contributed by atoms with Crippen LogP contribution in [0.15, 0.2) is 24.4 Å². The van der Waals surface area contributed by atoms with Gasteiger partial charge in [0.15, 0.2) is 0 Å². The number of rotatable bonds is 3. The Hall–Kier alpha value is -2.08. The van der Waals surface area contributed by atoms with Crippen LogP contribution in [-0.2, 0) is 0 Å². The number of carbonyl (C=O) groups is 1. The van der Waals surface area contributed by atoms with Gasteiger partial charge in [0, 0.05) is 18.3 Å². The summed E-state index contributed by atoms with van der Waals surface area (Å²) in [6, 6.07) is 3.05. The molecule has 19 heavy (non-hydrogen) atoms. The normalized spacial score (nSPS) is 10.3. The van der Waals surface area contributed by atoms with Crippen molar-refractivity contribution in [1.82, 2.24) is 9.97 Å². The van der Waals surface area contributed by atoms with Crippen LogP contribution in [0, 0.1) is 11.6 Å². The summed E-state index contributed by atoms with van der Waals surface area (Å²) in [6.45, 7) is 0. The summed E-state index contributed by atoms with van der Waals surface area (Å²) in [4.78, 5) is 19.2. The summed E-state index contributed by atoms with van der Waals surface area (Å²) in [5.41, 5.74) is -0.904. The van der Waals surface area contributed by atoms with Crippen LogP contribution in [0.25, 0.3) is 0 Å². The van der Waals surface area contributed by atoms with Crippen molar-refractivity contribution in [3.63, 3.8) is 0 Å². The zero-order chi connectivity index (χ0) is 14.0. The van der Waals surface area contributed by atoms with Crippen LogP contribution in [0.1, 0.15) is 16.1 Å². The van der Waals surface area contributed by atoms with Gasteiger partial charge in [-0.15, -0.1) is 0 Å². The lowest BCUT2D eigenvalue weighted by Crippen LogP contribution is -2.10. The summed E-state index contributed by atoms with van der Waals surface area (Å²) in [6.07, 6.45) is 1.22. The second kappa shape index (κ2) is 5.27. The maximum Gasteiger partial charge on any atom is 0.222 e. The number of benzene rings is 1. The number of nitrogens with zero attached hydrogens (tertiary/aromatic N) is 2. The summed E-state index contributed by atoms with van der Waals surface area (Å²) in [5.74, 6) is -3.00. The van der Waals surface area contributed by atoms with Crippen molar-refractivity contribution in [2.75, 3.05) is 7.11 Å². The first-order valence-electron chi connectivity index (χ1n) is 5.09. The van der Waals surface area contributed by atoms with Crippen LogP contribution >= 0.6 is 11.6 Å². The number of hydrogen-bond donors (Lipinski definition) is 0. The van der Waals surface area contributed by atoms with Crippen molar-refractivity contribution in [1.29, 1.82) is 0 Å². The Bertz CT molecular complexity index is 626. The fourth-order valence-corrected chi connectivity index (χ4v) is 1.62. The van der Waals surface area contributed by atoms with E-state index < -0.39 is 23.0 Å². The molecule has 1 aromatic carbocycles. The smallest absolute Gasteiger partial charge is 0.222 e. The van der Waals surface area contributed by atoms with Gasteiger partial charge in [-0.3, -0.25) is 4.79 Å². The molecule has 0 aliphatic carbocycles. The maximum atomic E-state index is 13.7. The van der Waals surface area contributed by atoms with Crippen LogP contribution in [0.3, 0.4) is 0 Å². The van der Waals surface area contributed by atoms with Crippen LogP contribution in [0.2, 0.25) is 5.28 Å². The summed E-state index contributed by atoms with van der Waals surface area (Å²) in [5, 5.41) is -0.180. The van der Waals surface area contributed by atoms with E-state index in [-0.39, 0.29) is 16.7 Å². The minimum atomic E-state index is -1.03. The van der Waals surface area contributed by atoms with E-state index in [1.807, 2.05) is 0 Å². The molecule has 0 amide bonds. The monoisotopic (exact) mass is 284 g/mol. The molecule has 4 nitrogen and oxygen atoms in total.